The van der Waals surface area contributed by atoms with Crippen LogP contribution in [-0.2, 0) is 0 Å². The normalized spacial score (nSPS) is 10.6. The molecule has 2 N–H and O–H groups in total. The summed E-state index contributed by atoms with van der Waals surface area (Å²) in [6.45, 7) is 1.86. The molecule has 1 heterocycles. The van der Waals surface area contributed by atoms with E-state index in [1.165, 1.54) is 0 Å². The molecule has 0 aliphatic rings. The lowest BCUT2D eigenvalue weighted by Gasteiger charge is -2.05. The first-order chi connectivity index (χ1) is 9.24. The zero-order valence-corrected chi connectivity index (χ0v) is 10.5. The first-order valence-electron chi connectivity index (χ1n) is 6.02. The van der Waals surface area contributed by atoms with Gasteiger partial charge in [0, 0.05) is 11.1 Å². The Morgan fingerprint density at radius 2 is 1.79 bits per heavy atom. The number of aromatic amines is 1. The highest BCUT2D eigenvalue weighted by Crippen LogP contribution is 2.30. The van der Waals surface area contributed by atoms with Gasteiger partial charge >= 0.3 is 0 Å². The van der Waals surface area contributed by atoms with E-state index >= 15 is 0 Å². The van der Waals surface area contributed by atoms with E-state index in [0.717, 1.165) is 22.5 Å². The van der Waals surface area contributed by atoms with Crippen LogP contribution >= 0.6 is 0 Å². The summed E-state index contributed by atoms with van der Waals surface area (Å²) in [7, 11) is 0. The lowest BCUT2D eigenvalue weighted by Crippen LogP contribution is -1.84. The Labute approximate surface area is 110 Å². The highest BCUT2D eigenvalue weighted by molar-refractivity contribution is 5.74. The Balaban J connectivity index is 2.08. The van der Waals surface area contributed by atoms with Gasteiger partial charge in [-0.2, -0.15) is 5.10 Å². The summed E-state index contributed by atoms with van der Waals surface area (Å²) in [5, 5.41) is 16.9. The van der Waals surface area contributed by atoms with Crippen molar-refractivity contribution in [3.8, 4) is 28.3 Å². The minimum absolute atomic E-state index is 0.269. The van der Waals surface area contributed by atoms with Crippen LogP contribution in [0.3, 0.4) is 0 Å². The number of hydrogen-bond donors (Lipinski definition) is 2. The van der Waals surface area contributed by atoms with Gasteiger partial charge in [-0.15, -0.1) is 0 Å². The minimum atomic E-state index is 0.269. The molecule has 3 rings (SSSR count). The van der Waals surface area contributed by atoms with Crippen molar-refractivity contribution in [1.82, 2.24) is 15.2 Å². The lowest BCUT2D eigenvalue weighted by molar-refractivity contribution is 0.477. The second kappa shape index (κ2) is 4.57. The third-order valence-corrected chi connectivity index (χ3v) is 2.93. The number of rotatable bonds is 2. The molecule has 0 spiro atoms. The third-order valence-electron chi connectivity index (χ3n) is 2.93. The van der Waals surface area contributed by atoms with E-state index in [-0.39, 0.29) is 5.75 Å². The van der Waals surface area contributed by atoms with Crippen LogP contribution in [-0.4, -0.2) is 20.3 Å². The topological polar surface area (TPSA) is 61.8 Å². The number of phenolic OH excluding ortho intramolecular Hbond substituents is 1. The maximum atomic E-state index is 9.89. The van der Waals surface area contributed by atoms with Gasteiger partial charge in [0.05, 0.1) is 0 Å². The molecule has 2 aromatic carbocycles. The zero-order valence-electron chi connectivity index (χ0n) is 10.5. The largest absolute Gasteiger partial charge is 0.507 e. The molecule has 4 heteroatoms. The van der Waals surface area contributed by atoms with Crippen molar-refractivity contribution >= 4 is 0 Å². The van der Waals surface area contributed by atoms with Crippen LogP contribution in [0.5, 0.6) is 5.75 Å². The van der Waals surface area contributed by atoms with Gasteiger partial charge in [0.25, 0.3) is 0 Å². The second-order valence-corrected chi connectivity index (χ2v) is 4.34. The summed E-state index contributed by atoms with van der Waals surface area (Å²) in [6, 6.07) is 15.1. The Kier molecular flexibility index (Phi) is 2.76. The molecule has 0 radical (unpaired) electrons. The predicted octanol–water partition coefficient (Wildman–Crippen LogP) is 3.15. The van der Waals surface area contributed by atoms with Gasteiger partial charge in [-0.05, 0) is 24.6 Å². The van der Waals surface area contributed by atoms with Crippen molar-refractivity contribution < 1.29 is 5.11 Å². The van der Waals surface area contributed by atoms with Gasteiger partial charge < -0.3 is 5.11 Å². The van der Waals surface area contributed by atoms with Crippen molar-refractivity contribution in [2.45, 2.75) is 6.92 Å². The number of aromatic nitrogens is 3. The smallest absolute Gasteiger partial charge is 0.181 e. The Morgan fingerprint density at radius 3 is 2.53 bits per heavy atom. The molecule has 0 saturated heterocycles. The van der Waals surface area contributed by atoms with E-state index < -0.39 is 0 Å². The number of nitrogens with zero attached hydrogens (tertiary/aromatic N) is 2. The van der Waals surface area contributed by atoms with Gasteiger partial charge in [0.1, 0.15) is 11.6 Å². The molecule has 0 fully saturated rings. The summed E-state index contributed by atoms with van der Waals surface area (Å²) >= 11 is 0. The average molecular weight is 251 g/mol. The summed E-state index contributed by atoms with van der Waals surface area (Å²) in [5.74, 6) is 1.71. The maximum Gasteiger partial charge on any atom is 0.181 e. The molecule has 4 nitrogen and oxygen atoms in total. The molecule has 19 heavy (non-hydrogen) atoms. The Hall–Kier alpha value is -2.62. The number of nitrogens with one attached hydrogen (secondary N) is 1. The lowest BCUT2D eigenvalue weighted by atomic mass is 10.0. The van der Waals surface area contributed by atoms with Crippen LogP contribution in [0.1, 0.15) is 5.82 Å². The van der Waals surface area contributed by atoms with Crippen LogP contribution in [0.25, 0.3) is 22.5 Å². The SMILES string of the molecule is Cc1nc(-c2cccc(-c3ccccc3O)c2)n[nH]1. The number of phenols is 1. The van der Waals surface area contributed by atoms with E-state index in [1.54, 1.807) is 12.1 Å². The molecule has 0 aliphatic carbocycles. The number of aryl methyl sites for hydroxylation is 1. The molecule has 0 saturated carbocycles. The van der Waals surface area contributed by atoms with Gasteiger partial charge in [-0.25, -0.2) is 4.98 Å². The average Bonchev–Trinajstić information content (AvgIpc) is 2.86. The molecular weight excluding hydrogens is 238 g/mol. The first-order valence-corrected chi connectivity index (χ1v) is 6.02. The predicted molar refractivity (Wildman–Crippen MR) is 73.7 cm³/mol. The Morgan fingerprint density at radius 1 is 1.00 bits per heavy atom. The number of benzene rings is 2. The van der Waals surface area contributed by atoms with Crippen LogP contribution in [0.4, 0.5) is 0 Å². The van der Waals surface area contributed by atoms with E-state index in [2.05, 4.69) is 15.2 Å². The minimum Gasteiger partial charge on any atom is -0.507 e. The maximum absolute atomic E-state index is 9.89. The van der Waals surface area contributed by atoms with Crippen molar-refractivity contribution in [2.75, 3.05) is 0 Å². The molecular formula is C15H13N3O. The van der Waals surface area contributed by atoms with E-state index in [1.807, 2.05) is 43.3 Å². The van der Waals surface area contributed by atoms with Crippen molar-refractivity contribution in [1.29, 1.82) is 0 Å². The van der Waals surface area contributed by atoms with Gasteiger partial charge in [0.2, 0.25) is 0 Å². The molecule has 0 amide bonds. The number of H-pyrrole nitrogens is 1. The van der Waals surface area contributed by atoms with Crippen LogP contribution in [0.2, 0.25) is 0 Å². The molecule has 0 unspecified atom stereocenters. The van der Waals surface area contributed by atoms with E-state index in [9.17, 15) is 5.11 Å². The second-order valence-electron chi connectivity index (χ2n) is 4.34. The van der Waals surface area contributed by atoms with Gasteiger partial charge in [0.15, 0.2) is 5.82 Å². The quantitative estimate of drug-likeness (QED) is 0.735. The molecule has 0 bridgehead atoms. The fraction of sp³-hybridized carbons (Fsp3) is 0.0667. The van der Waals surface area contributed by atoms with Crippen LogP contribution < -0.4 is 0 Å². The van der Waals surface area contributed by atoms with E-state index in [4.69, 9.17) is 0 Å². The van der Waals surface area contributed by atoms with E-state index in [0.29, 0.717) is 5.82 Å². The van der Waals surface area contributed by atoms with Crippen LogP contribution in [0.15, 0.2) is 48.5 Å². The molecule has 0 atom stereocenters. The van der Waals surface area contributed by atoms with Crippen molar-refractivity contribution in [3.05, 3.63) is 54.4 Å². The molecule has 0 aliphatic heterocycles. The summed E-state index contributed by atoms with van der Waals surface area (Å²) in [5.41, 5.74) is 2.67. The van der Waals surface area contributed by atoms with Crippen molar-refractivity contribution in [3.63, 3.8) is 0 Å². The number of hydrogen-bond acceptors (Lipinski definition) is 3. The third kappa shape index (κ3) is 2.20. The number of aromatic hydroxyl groups is 1. The monoisotopic (exact) mass is 251 g/mol. The molecule has 94 valence electrons. The zero-order chi connectivity index (χ0) is 13.2. The highest BCUT2D eigenvalue weighted by Gasteiger charge is 2.07. The molecule has 1 aromatic heterocycles. The summed E-state index contributed by atoms with van der Waals surface area (Å²) in [6.07, 6.45) is 0. The first kappa shape index (κ1) is 11.5. The van der Waals surface area contributed by atoms with Crippen LogP contribution in [0, 0.1) is 6.92 Å². The highest BCUT2D eigenvalue weighted by atomic mass is 16.3. The van der Waals surface area contributed by atoms with Gasteiger partial charge in [-0.1, -0.05) is 36.4 Å². The Bertz CT molecular complexity index is 719. The number of para-hydroxylation sites is 1. The standard InChI is InChI=1S/C15H13N3O/c1-10-16-15(18-17-10)12-6-4-5-11(9-12)13-7-2-3-8-14(13)19/h2-9,19H,1H3,(H,16,17,18). The summed E-state index contributed by atoms with van der Waals surface area (Å²) < 4.78 is 0. The fourth-order valence-corrected chi connectivity index (χ4v) is 2.02. The van der Waals surface area contributed by atoms with Gasteiger partial charge in [-0.3, -0.25) is 5.10 Å². The molecule has 3 aromatic rings. The fourth-order valence-electron chi connectivity index (χ4n) is 2.02. The summed E-state index contributed by atoms with van der Waals surface area (Å²) in [4.78, 5) is 4.31. The van der Waals surface area contributed by atoms with Crippen molar-refractivity contribution in [2.24, 2.45) is 0 Å².